The van der Waals surface area contributed by atoms with Gasteiger partial charge in [-0.05, 0) is 17.7 Å². The first-order chi connectivity index (χ1) is 8.67. The molecular weight excluding hydrogens is 230 g/mol. The van der Waals surface area contributed by atoms with Crippen LogP contribution in [0.4, 0.5) is 0 Å². The van der Waals surface area contributed by atoms with Gasteiger partial charge in [-0.2, -0.15) is 0 Å². The van der Waals surface area contributed by atoms with Gasteiger partial charge in [-0.3, -0.25) is 4.79 Å². The molecule has 3 rings (SSSR count). The fourth-order valence-electron chi connectivity index (χ4n) is 3.16. The Morgan fingerprint density at radius 2 is 2.17 bits per heavy atom. The highest BCUT2D eigenvalue weighted by atomic mass is 16.5. The van der Waals surface area contributed by atoms with Crippen molar-refractivity contribution in [2.24, 2.45) is 0 Å². The Labute approximate surface area is 106 Å². The zero-order valence-corrected chi connectivity index (χ0v) is 10.5. The first-order valence-corrected chi connectivity index (χ1v) is 6.42. The molecule has 0 aromatic heterocycles. The van der Waals surface area contributed by atoms with Crippen LogP contribution in [0, 0.1) is 0 Å². The molecule has 2 heterocycles. The van der Waals surface area contributed by atoms with Gasteiger partial charge < -0.3 is 14.7 Å². The van der Waals surface area contributed by atoms with E-state index in [-0.39, 0.29) is 5.75 Å². The number of Topliss-reactive ketones (excluding diaryl/α,β-unsaturated/α-hetero) is 1. The number of hydrogen-bond acceptors (Lipinski definition) is 3. The second-order valence-corrected chi connectivity index (χ2v) is 5.27. The molecule has 2 N–H and O–H groups in total. The Bertz CT molecular complexity index is 498. The second-order valence-electron chi connectivity index (χ2n) is 5.27. The molecule has 4 heteroatoms. The van der Waals surface area contributed by atoms with Crippen molar-refractivity contribution in [3.05, 3.63) is 23.3 Å². The topological polar surface area (TPSA) is 51.0 Å². The van der Waals surface area contributed by atoms with Gasteiger partial charge in [-0.25, -0.2) is 0 Å². The molecule has 0 spiro atoms. The maximum Gasteiger partial charge on any atom is 0.160 e. The molecular formula is C14H18NO3+. The average molecular weight is 248 g/mol. The number of aromatic hydroxyl groups is 1. The first kappa shape index (κ1) is 11.5. The van der Waals surface area contributed by atoms with Crippen molar-refractivity contribution < 1.29 is 19.5 Å². The number of nitrogens with one attached hydrogen (secondary N) is 1. The highest BCUT2D eigenvalue weighted by Gasteiger charge is 2.35. The van der Waals surface area contributed by atoms with Crippen molar-refractivity contribution in [3.63, 3.8) is 0 Å². The highest BCUT2D eigenvalue weighted by Crippen LogP contribution is 2.31. The maximum atomic E-state index is 11.5. The van der Waals surface area contributed by atoms with Gasteiger partial charge in [0, 0.05) is 12.0 Å². The van der Waals surface area contributed by atoms with E-state index in [1.807, 2.05) is 12.1 Å². The molecule has 2 aliphatic rings. The number of carbonyl (C=O) groups is 1. The zero-order valence-electron chi connectivity index (χ0n) is 10.5. The van der Waals surface area contributed by atoms with E-state index in [1.165, 1.54) is 16.0 Å². The van der Waals surface area contributed by atoms with Crippen LogP contribution < -0.4 is 9.64 Å². The summed E-state index contributed by atoms with van der Waals surface area (Å²) in [4.78, 5) is 13.0. The second kappa shape index (κ2) is 4.28. The predicted molar refractivity (Wildman–Crippen MR) is 65.9 cm³/mol. The molecule has 1 aromatic rings. The van der Waals surface area contributed by atoms with Gasteiger partial charge in [-0.1, -0.05) is 0 Å². The number of rotatable bonds is 1. The minimum absolute atomic E-state index is 0.210. The van der Waals surface area contributed by atoms with Gasteiger partial charge in [0.2, 0.25) is 0 Å². The number of carbonyl (C=O) groups excluding carboxylic acids is 1. The van der Waals surface area contributed by atoms with E-state index in [0.717, 1.165) is 19.5 Å². The van der Waals surface area contributed by atoms with E-state index in [0.29, 0.717) is 30.4 Å². The minimum atomic E-state index is 0.210. The summed E-state index contributed by atoms with van der Waals surface area (Å²) in [6.45, 7) is 1.83. The van der Waals surface area contributed by atoms with Gasteiger partial charge in [0.15, 0.2) is 11.5 Å². The Morgan fingerprint density at radius 1 is 1.33 bits per heavy atom. The monoisotopic (exact) mass is 248 g/mol. The summed E-state index contributed by atoms with van der Waals surface area (Å²) in [6.07, 6.45) is 2.30. The van der Waals surface area contributed by atoms with Gasteiger partial charge in [-0.15, -0.1) is 0 Å². The molecule has 1 aromatic carbocycles. The molecule has 1 fully saturated rings. The molecule has 18 heavy (non-hydrogen) atoms. The quantitative estimate of drug-likeness (QED) is 0.739. The van der Waals surface area contributed by atoms with Gasteiger partial charge >= 0.3 is 0 Å². The molecule has 2 atom stereocenters. The van der Waals surface area contributed by atoms with Crippen LogP contribution in [0.5, 0.6) is 11.5 Å². The van der Waals surface area contributed by atoms with Crippen molar-refractivity contribution in [2.45, 2.75) is 31.8 Å². The minimum Gasteiger partial charge on any atom is -0.504 e. The van der Waals surface area contributed by atoms with Crippen molar-refractivity contribution in [1.82, 2.24) is 0 Å². The van der Waals surface area contributed by atoms with Gasteiger partial charge in [0.05, 0.1) is 32.5 Å². The number of ketones is 1. The molecule has 1 unspecified atom stereocenters. The molecule has 1 saturated heterocycles. The van der Waals surface area contributed by atoms with Crippen LogP contribution >= 0.6 is 0 Å². The van der Waals surface area contributed by atoms with E-state index in [1.54, 1.807) is 7.11 Å². The van der Waals surface area contributed by atoms with E-state index in [9.17, 15) is 9.90 Å². The average Bonchev–Trinajstić information content (AvgIpc) is 2.36. The van der Waals surface area contributed by atoms with E-state index in [2.05, 4.69) is 0 Å². The third-order valence-corrected chi connectivity index (χ3v) is 4.16. The lowest BCUT2D eigenvalue weighted by Gasteiger charge is -2.36. The van der Waals surface area contributed by atoms with Crippen LogP contribution in [0.25, 0.3) is 0 Å². The third-order valence-electron chi connectivity index (χ3n) is 4.16. The largest absolute Gasteiger partial charge is 0.504 e. The van der Waals surface area contributed by atoms with Crippen LogP contribution in [0.1, 0.15) is 24.0 Å². The SMILES string of the molecule is COc1cc2c(cc1O)C[NH+]1CCC(=O)C[C@H]1C2. The summed E-state index contributed by atoms with van der Waals surface area (Å²) in [7, 11) is 1.56. The smallest absolute Gasteiger partial charge is 0.160 e. The van der Waals surface area contributed by atoms with Crippen LogP contribution in [-0.4, -0.2) is 30.6 Å². The Morgan fingerprint density at radius 3 is 2.94 bits per heavy atom. The Balaban J connectivity index is 1.93. The highest BCUT2D eigenvalue weighted by molar-refractivity contribution is 5.79. The number of methoxy groups -OCH3 is 1. The molecule has 96 valence electrons. The normalized spacial score (nSPS) is 26.4. The number of piperidine rings is 1. The standard InChI is InChI=1S/C14H17NO3/c1-18-14-6-9-4-11-7-12(16)2-3-15(11)8-10(9)5-13(14)17/h5-6,11,17H,2-4,7-8H2,1H3/p+1/t11-/m1/s1. The van der Waals surface area contributed by atoms with E-state index >= 15 is 0 Å². The molecule has 0 amide bonds. The fourth-order valence-corrected chi connectivity index (χ4v) is 3.16. The molecule has 0 bridgehead atoms. The van der Waals surface area contributed by atoms with Crippen LogP contribution in [0.15, 0.2) is 12.1 Å². The number of hydrogen-bond donors (Lipinski definition) is 2. The molecule has 0 radical (unpaired) electrons. The van der Waals surface area contributed by atoms with Crippen LogP contribution in [0.2, 0.25) is 0 Å². The Hall–Kier alpha value is -1.55. The molecule has 2 aliphatic heterocycles. The number of ether oxygens (including phenoxy) is 1. The maximum absolute atomic E-state index is 11.5. The Kier molecular flexibility index (Phi) is 2.74. The van der Waals surface area contributed by atoms with Crippen molar-refractivity contribution in [1.29, 1.82) is 0 Å². The number of quaternary nitrogens is 1. The third kappa shape index (κ3) is 1.86. The first-order valence-electron chi connectivity index (χ1n) is 6.42. The van der Waals surface area contributed by atoms with Gasteiger partial charge in [0.1, 0.15) is 12.3 Å². The number of benzene rings is 1. The lowest BCUT2D eigenvalue weighted by Crippen LogP contribution is -3.16. The number of phenolic OH excluding ortho intramolecular Hbond substituents is 1. The van der Waals surface area contributed by atoms with E-state index < -0.39 is 0 Å². The van der Waals surface area contributed by atoms with Crippen LogP contribution in [0.3, 0.4) is 0 Å². The summed E-state index contributed by atoms with van der Waals surface area (Å²) in [6, 6.07) is 4.14. The summed E-state index contributed by atoms with van der Waals surface area (Å²) in [5.41, 5.74) is 2.40. The molecule has 0 saturated carbocycles. The van der Waals surface area contributed by atoms with Crippen LogP contribution in [-0.2, 0) is 17.8 Å². The number of phenols is 1. The van der Waals surface area contributed by atoms with E-state index in [4.69, 9.17) is 4.74 Å². The summed E-state index contributed by atoms with van der Waals surface area (Å²) in [5.74, 6) is 1.12. The summed E-state index contributed by atoms with van der Waals surface area (Å²) < 4.78 is 5.14. The number of fused-ring (bicyclic) bond motifs is 2. The van der Waals surface area contributed by atoms with Gasteiger partial charge in [0.25, 0.3) is 0 Å². The zero-order chi connectivity index (χ0) is 12.7. The van der Waals surface area contributed by atoms with Crippen molar-refractivity contribution >= 4 is 5.78 Å². The predicted octanol–water partition coefficient (Wildman–Crippen LogP) is 0.0733. The lowest BCUT2D eigenvalue weighted by atomic mass is 9.88. The fraction of sp³-hybridized carbons (Fsp3) is 0.500. The molecule has 0 aliphatic carbocycles. The van der Waals surface area contributed by atoms with Crippen molar-refractivity contribution in [3.8, 4) is 11.5 Å². The summed E-state index contributed by atoms with van der Waals surface area (Å²) in [5, 5.41) is 9.82. The molecule has 4 nitrogen and oxygen atoms in total. The lowest BCUT2D eigenvalue weighted by molar-refractivity contribution is -0.942. The summed E-state index contributed by atoms with van der Waals surface area (Å²) >= 11 is 0. The van der Waals surface area contributed by atoms with Crippen molar-refractivity contribution in [2.75, 3.05) is 13.7 Å².